The molecule has 11 heteroatoms. The Morgan fingerprint density at radius 1 is 1.12 bits per heavy atom. The maximum atomic E-state index is 11.5. The molecule has 4 atom stereocenters. The van der Waals surface area contributed by atoms with Crippen molar-refractivity contribution in [1.29, 1.82) is 0 Å². The first-order valence-corrected chi connectivity index (χ1v) is 9.42. The van der Waals surface area contributed by atoms with E-state index in [-0.39, 0.29) is 26.8 Å². The molecule has 2 heterocycles. The van der Waals surface area contributed by atoms with Crippen LogP contribution < -0.4 is 5.73 Å². The maximum absolute atomic E-state index is 11.5. The fourth-order valence-electron chi connectivity index (χ4n) is 2.45. The predicted molar refractivity (Wildman–Crippen MR) is 85.0 cm³/mol. The fourth-order valence-corrected chi connectivity index (χ4v) is 4.28. The SMILES string of the molecule is CC(=O)OC[C@H]1O[C@@H](c2nc(C(N)=O)c[se]2)[C@H](OC(C)=O)[C@@H]1OC(C)=O. The van der Waals surface area contributed by atoms with Gasteiger partial charge in [0.15, 0.2) is 0 Å². The summed E-state index contributed by atoms with van der Waals surface area (Å²) < 4.78 is 21.8. The number of carbonyl (C=O) groups is 4. The van der Waals surface area contributed by atoms with Crippen molar-refractivity contribution in [3.63, 3.8) is 0 Å². The molecule has 0 aliphatic carbocycles. The van der Waals surface area contributed by atoms with Gasteiger partial charge in [0.1, 0.15) is 0 Å². The number of rotatable bonds is 6. The minimum atomic E-state index is -0.989. The third-order valence-corrected chi connectivity index (χ3v) is 5.28. The van der Waals surface area contributed by atoms with Gasteiger partial charge >= 0.3 is 154 Å². The molecule has 1 aromatic heterocycles. The Morgan fingerprint density at radius 2 is 1.73 bits per heavy atom. The van der Waals surface area contributed by atoms with Gasteiger partial charge in [-0.15, -0.1) is 0 Å². The molecule has 0 saturated carbocycles. The number of aromatic nitrogens is 1. The van der Waals surface area contributed by atoms with Crippen molar-refractivity contribution < 1.29 is 38.1 Å². The molecule has 2 N–H and O–H groups in total. The van der Waals surface area contributed by atoms with Crippen LogP contribution in [-0.2, 0) is 33.3 Å². The van der Waals surface area contributed by atoms with Crippen LogP contribution in [0.3, 0.4) is 0 Å². The molecule has 1 amide bonds. The van der Waals surface area contributed by atoms with Gasteiger partial charge < -0.3 is 0 Å². The zero-order chi connectivity index (χ0) is 19.4. The van der Waals surface area contributed by atoms with Gasteiger partial charge in [-0.3, -0.25) is 0 Å². The van der Waals surface area contributed by atoms with E-state index in [0.717, 1.165) is 0 Å². The van der Waals surface area contributed by atoms with E-state index in [4.69, 9.17) is 24.7 Å². The van der Waals surface area contributed by atoms with Crippen LogP contribution in [0.1, 0.15) is 41.9 Å². The normalized spacial score (nSPS) is 24.7. The van der Waals surface area contributed by atoms with Crippen molar-refractivity contribution in [2.45, 2.75) is 45.2 Å². The van der Waals surface area contributed by atoms with Crippen LogP contribution >= 0.6 is 0 Å². The topological polar surface area (TPSA) is 144 Å². The molecular formula is C15H18N2O8Se. The van der Waals surface area contributed by atoms with Gasteiger partial charge in [-0.05, 0) is 0 Å². The Kier molecular flexibility index (Phi) is 6.52. The van der Waals surface area contributed by atoms with Crippen molar-refractivity contribution in [2.24, 2.45) is 5.73 Å². The quantitative estimate of drug-likeness (QED) is 0.343. The summed E-state index contributed by atoms with van der Waals surface area (Å²) in [4.78, 5) is 51.1. The van der Waals surface area contributed by atoms with Gasteiger partial charge in [0, 0.05) is 0 Å². The van der Waals surface area contributed by atoms with Gasteiger partial charge in [0.25, 0.3) is 0 Å². The molecule has 1 aromatic rings. The van der Waals surface area contributed by atoms with Crippen LogP contribution in [-0.4, -0.2) is 68.2 Å². The third kappa shape index (κ3) is 4.90. The molecule has 0 spiro atoms. The van der Waals surface area contributed by atoms with Gasteiger partial charge in [0.05, 0.1) is 0 Å². The Balaban J connectivity index is 2.33. The number of amides is 1. The number of hydrogen-bond acceptors (Lipinski definition) is 9. The fraction of sp³-hybridized carbons (Fsp3) is 0.533. The van der Waals surface area contributed by atoms with Crippen LogP contribution in [0.15, 0.2) is 4.94 Å². The minimum absolute atomic E-state index is 0.0950. The molecule has 0 radical (unpaired) electrons. The number of carbonyl (C=O) groups excluding carboxylic acids is 4. The predicted octanol–water partition coefficient (Wildman–Crippen LogP) is -0.896. The first kappa shape index (κ1) is 20.1. The number of ether oxygens (including phenoxy) is 4. The molecule has 142 valence electrons. The van der Waals surface area contributed by atoms with E-state index in [2.05, 4.69) is 4.98 Å². The monoisotopic (exact) mass is 434 g/mol. The van der Waals surface area contributed by atoms with Crippen LogP contribution in [0.2, 0.25) is 0 Å². The zero-order valence-corrected chi connectivity index (χ0v) is 16.0. The van der Waals surface area contributed by atoms with Crippen molar-refractivity contribution in [3.05, 3.63) is 15.2 Å². The third-order valence-electron chi connectivity index (χ3n) is 3.38. The van der Waals surface area contributed by atoms with Crippen molar-refractivity contribution in [2.75, 3.05) is 6.61 Å². The van der Waals surface area contributed by atoms with Crippen molar-refractivity contribution in [3.8, 4) is 0 Å². The average Bonchev–Trinajstić information content (AvgIpc) is 3.11. The van der Waals surface area contributed by atoms with E-state index in [9.17, 15) is 19.2 Å². The first-order chi connectivity index (χ1) is 12.2. The Bertz CT molecular complexity index is 718. The number of nitrogens with two attached hydrogens (primary N) is 1. The Labute approximate surface area is 154 Å². The summed E-state index contributed by atoms with van der Waals surface area (Å²) in [6.07, 6.45) is -3.68. The van der Waals surface area contributed by atoms with Gasteiger partial charge in [0.2, 0.25) is 0 Å². The summed E-state index contributed by atoms with van der Waals surface area (Å²) in [7, 11) is 0. The molecule has 2 rings (SSSR count). The summed E-state index contributed by atoms with van der Waals surface area (Å²) >= 11 is -0.357. The van der Waals surface area contributed by atoms with Gasteiger partial charge in [-0.1, -0.05) is 0 Å². The van der Waals surface area contributed by atoms with E-state index < -0.39 is 48.2 Å². The molecule has 0 bridgehead atoms. The molecule has 26 heavy (non-hydrogen) atoms. The van der Waals surface area contributed by atoms with E-state index in [0.29, 0.717) is 4.57 Å². The molecule has 1 saturated heterocycles. The van der Waals surface area contributed by atoms with Gasteiger partial charge in [-0.2, -0.15) is 0 Å². The summed E-state index contributed by atoms with van der Waals surface area (Å²) in [6.45, 7) is 3.43. The van der Waals surface area contributed by atoms with Crippen LogP contribution in [0.4, 0.5) is 0 Å². The van der Waals surface area contributed by atoms with Crippen LogP contribution in [0.5, 0.6) is 0 Å². The standard InChI is InChI=1S/C15H18N2O8Se/c1-6(18)22-4-10-11(23-7(2)19)12(24-8(3)20)13(25-10)15-17-9(5-26-15)14(16)21/h5,10-13H,4H2,1-3H3,(H2,16,21)/t10-,11-,12-,13-/m1/s1. The second-order valence-electron chi connectivity index (χ2n) is 5.48. The molecule has 0 aromatic carbocycles. The molecule has 0 unspecified atom stereocenters. The summed E-state index contributed by atoms with van der Waals surface area (Å²) in [5.74, 6) is -2.44. The Hall–Kier alpha value is -2.23. The Morgan fingerprint density at radius 3 is 2.23 bits per heavy atom. The molecule has 1 aliphatic rings. The number of esters is 3. The second kappa shape index (κ2) is 8.43. The number of hydrogen-bond donors (Lipinski definition) is 1. The van der Waals surface area contributed by atoms with E-state index in [1.54, 1.807) is 4.94 Å². The number of nitrogens with zero attached hydrogens (tertiary/aromatic N) is 1. The van der Waals surface area contributed by atoms with Crippen molar-refractivity contribution >= 4 is 38.3 Å². The summed E-state index contributed by atoms with van der Waals surface area (Å²) in [5, 5.41) is 0. The van der Waals surface area contributed by atoms with E-state index in [1.165, 1.54) is 20.8 Å². The van der Waals surface area contributed by atoms with E-state index >= 15 is 0 Å². The zero-order valence-electron chi connectivity index (χ0n) is 14.3. The van der Waals surface area contributed by atoms with Crippen LogP contribution in [0, 0.1) is 0 Å². The van der Waals surface area contributed by atoms with Crippen molar-refractivity contribution in [1.82, 2.24) is 4.98 Å². The second-order valence-corrected chi connectivity index (χ2v) is 7.35. The van der Waals surface area contributed by atoms with Crippen LogP contribution in [0.25, 0.3) is 0 Å². The molecular weight excluding hydrogens is 415 g/mol. The number of primary amides is 1. The molecule has 1 aliphatic heterocycles. The summed E-state index contributed by atoms with van der Waals surface area (Å²) in [5.41, 5.74) is 5.31. The summed E-state index contributed by atoms with van der Waals surface area (Å²) in [6, 6.07) is 0. The van der Waals surface area contributed by atoms with Gasteiger partial charge in [-0.25, -0.2) is 0 Å². The first-order valence-electron chi connectivity index (χ1n) is 7.57. The molecule has 1 fully saturated rings. The van der Waals surface area contributed by atoms with E-state index in [1.807, 2.05) is 0 Å². The average molecular weight is 433 g/mol. The molecule has 10 nitrogen and oxygen atoms in total.